The third-order valence-electron chi connectivity index (χ3n) is 3.10. The molecule has 1 fully saturated rings. The predicted molar refractivity (Wildman–Crippen MR) is 60.8 cm³/mol. The summed E-state index contributed by atoms with van der Waals surface area (Å²) in [6, 6.07) is 3.69. The second kappa shape index (κ2) is 5.16. The van der Waals surface area contributed by atoms with Crippen molar-refractivity contribution < 1.29 is 9.90 Å². The number of likely N-dealkylation sites (tertiary alicyclic amines) is 1. The van der Waals surface area contributed by atoms with Gasteiger partial charge in [0.25, 0.3) is 0 Å². The van der Waals surface area contributed by atoms with E-state index in [-0.39, 0.29) is 12.5 Å². The first kappa shape index (κ1) is 11.2. The minimum Gasteiger partial charge on any atom is -0.390 e. The van der Waals surface area contributed by atoms with Gasteiger partial charge in [0.15, 0.2) is 0 Å². The molecule has 0 unspecified atom stereocenters. The number of nitrogens with zero attached hydrogens (tertiary/aromatic N) is 2. The number of carbonyl (C=O) groups is 1. The number of aromatic nitrogens is 1. The lowest BCUT2D eigenvalue weighted by atomic mass is 10.1. The van der Waals surface area contributed by atoms with Crippen LogP contribution in [0.4, 0.5) is 0 Å². The van der Waals surface area contributed by atoms with Crippen molar-refractivity contribution in [3.8, 4) is 0 Å². The summed E-state index contributed by atoms with van der Waals surface area (Å²) in [6.45, 7) is 2.10. The Balaban J connectivity index is 1.95. The van der Waals surface area contributed by atoms with E-state index in [2.05, 4.69) is 0 Å². The van der Waals surface area contributed by atoms with Crippen LogP contribution >= 0.6 is 0 Å². The van der Waals surface area contributed by atoms with Crippen LogP contribution in [0.5, 0.6) is 0 Å². The molecule has 4 nitrogen and oxygen atoms in total. The molecule has 4 heteroatoms. The molecule has 2 heterocycles. The van der Waals surface area contributed by atoms with E-state index in [1.54, 1.807) is 0 Å². The van der Waals surface area contributed by atoms with Gasteiger partial charge in [-0.15, -0.1) is 0 Å². The van der Waals surface area contributed by atoms with Gasteiger partial charge in [0.1, 0.15) is 6.54 Å². The van der Waals surface area contributed by atoms with Crippen molar-refractivity contribution in [2.45, 2.75) is 32.4 Å². The summed E-state index contributed by atoms with van der Waals surface area (Å²) in [5, 5.41) is 9.08. The van der Waals surface area contributed by atoms with Gasteiger partial charge in [-0.2, -0.15) is 0 Å². The van der Waals surface area contributed by atoms with E-state index in [4.69, 9.17) is 5.11 Å². The second-order valence-corrected chi connectivity index (χ2v) is 4.23. The maximum absolute atomic E-state index is 12.0. The smallest absolute Gasteiger partial charge is 0.242 e. The van der Waals surface area contributed by atoms with Crippen LogP contribution in [-0.2, 0) is 17.9 Å². The Kier molecular flexibility index (Phi) is 3.62. The van der Waals surface area contributed by atoms with Gasteiger partial charge in [0.05, 0.1) is 6.61 Å². The molecular weight excluding hydrogens is 204 g/mol. The summed E-state index contributed by atoms with van der Waals surface area (Å²) in [5.74, 6) is 0.158. The summed E-state index contributed by atoms with van der Waals surface area (Å²) in [4.78, 5) is 13.9. The van der Waals surface area contributed by atoms with E-state index in [1.165, 1.54) is 6.42 Å². The third kappa shape index (κ3) is 2.44. The Morgan fingerprint density at radius 2 is 2.06 bits per heavy atom. The first-order valence-electron chi connectivity index (χ1n) is 5.84. The lowest BCUT2D eigenvalue weighted by molar-refractivity contribution is -0.132. The molecule has 1 aromatic heterocycles. The Labute approximate surface area is 95.5 Å². The van der Waals surface area contributed by atoms with Gasteiger partial charge in [0, 0.05) is 25.0 Å². The average molecular weight is 222 g/mol. The van der Waals surface area contributed by atoms with Gasteiger partial charge in [-0.3, -0.25) is 4.79 Å². The molecule has 0 aromatic carbocycles. The molecule has 88 valence electrons. The number of carbonyl (C=O) groups excluding carboxylic acids is 1. The largest absolute Gasteiger partial charge is 0.390 e. The molecule has 0 aliphatic carbocycles. The highest BCUT2D eigenvalue weighted by Crippen LogP contribution is 2.10. The topological polar surface area (TPSA) is 45.5 Å². The third-order valence-corrected chi connectivity index (χ3v) is 3.10. The number of piperidine rings is 1. The molecule has 1 aliphatic heterocycles. The zero-order chi connectivity index (χ0) is 11.4. The minimum atomic E-state index is -0.0136. The zero-order valence-electron chi connectivity index (χ0n) is 9.43. The van der Waals surface area contributed by atoms with Crippen molar-refractivity contribution in [3.63, 3.8) is 0 Å². The lowest BCUT2D eigenvalue weighted by Gasteiger charge is -2.27. The maximum atomic E-state index is 12.0. The fourth-order valence-corrected chi connectivity index (χ4v) is 2.14. The van der Waals surface area contributed by atoms with E-state index in [1.807, 2.05) is 27.8 Å². The van der Waals surface area contributed by atoms with Crippen molar-refractivity contribution in [1.82, 2.24) is 9.47 Å². The SMILES string of the molecule is O=C(Cn1cccc1CO)N1CCCCC1. The number of amides is 1. The van der Waals surface area contributed by atoms with Crippen LogP contribution in [0.1, 0.15) is 25.0 Å². The van der Waals surface area contributed by atoms with Crippen molar-refractivity contribution in [1.29, 1.82) is 0 Å². The number of aliphatic hydroxyl groups is 1. The number of hydrogen-bond donors (Lipinski definition) is 1. The lowest BCUT2D eigenvalue weighted by Crippen LogP contribution is -2.37. The molecule has 1 aromatic rings. The Morgan fingerprint density at radius 3 is 2.75 bits per heavy atom. The molecule has 1 N–H and O–H groups in total. The summed E-state index contributed by atoms with van der Waals surface area (Å²) in [6.07, 6.45) is 5.30. The normalized spacial score (nSPS) is 16.4. The fraction of sp³-hybridized carbons (Fsp3) is 0.583. The Morgan fingerprint density at radius 1 is 1.31 bits per heavy atom. The van der Waals surface area contributed by atoms with Crippen molar-refractivity contribution >= 4 is 5.91 Å². The molecule has 1 saturated heterocycles. The fourth-order valence-electron chi connectivity index (χ4n) is 2.14. The van der Waals surface area contributed by atoms with Crippen LogP contribution in [0.25, 0.3) is 0 Å². The molecule has 0 saturated carbocycles. The first-order chi connectivity index (χ1) is 7.81. The average Bonchev–Trinajstić information content (AvgIpc) is 2.77. The maximum Gasteiger partial charge on any atom is 0.242 e. The predicted octanol–water partition coefficient (Wildman–Crippen LogP) is 0.993. The van der Waals surface area contributed by atoms with Crippen LogP contribution in [0.2, 0.25) is 0 Å². The van der Waals surface area contributed by atoms with Gasteiger partial charge in [-0.25, -0.2) is 0 Å². The van der Waals surface area contributed by atoms with Crippen LogP contribution in [0, 0.1) is 0 Å². The van der Waals surface area contributed by atoms with E-state index in [0.29, 0.717) is 6.54 Å². The van der Waals surface area contributed by atoms with Gasteiger partial charge in [-0.05, 0) is 31.4 Å². The van der Waals surface area contributed by atoms with Crippen LogP contribution in [-0.4, -0.2) is 33.6 Å². The molecular formula is C12H18N2O2. The molecule has 1 aliphatic rings. The van der Waals surface area contributed by atoms with E-state index in [0.717, 1.165) is 31.6 Å². The van der Waals surface area contributed by atoms with Gasteiger partial charge in [-0.1, -0.05) is 0 Å². The number of rotatable bonds is 3. The molecule has 0 radical (unpaired) electrons. The van der Waals surface area contributed by atoms with Crippen molar-refractivity contribution in [2.75, 3.05) is 13.1 Å². The Hall–Kier alpha value is -1.29. The van der Waals surface area contributed by atoms with Gasteiger partial charge in [0.2, 0.25) is 5.91 Å². The highest BCUT2D eigenvalue weighted by atomic mass is 16.3. The van der Waals surface area contributed by atoms with Crippen LogP contribution in [0.3, 0.4) is 0 Å². The minimum absolute atomic E-state index is 0.0136. The molecule has 0 bridgehead atoms. The molecule has 0 atom stereocenters. The molecule has 2 rings (SSSR count). The summed E-state index contributed by atoms with van der Waals surface area (Å²) >= 11 is 0. The monoisotopic (exact) mass is 222 g/mol. The molecule has 1 amide bonds. The summed E-state index contributed by atoms with van der Waals surface area (Å²) < 4.78 is 1.82. The standard InChI is InChI=1S/C12H18N2O2/c15-10-11-5-4-8-14(11)9-12(16)13-6-2-1-3-7-13/h4-5,8,15H,1-3,6-7,9-10H2. The Bertz CT molecular complexity index is 354. The van der Waals surface area contributed by atoms with Crippen molar-refractivity contribution in [2.24, 2.45) is 0 Å². The first-order valence-corrected chi connectivity index (χ1v) is 5.84. The van der Waals surface area contributed by atoms with Crippen LogP contribution < -0.4 is 0 Å². The highest BCUT2D eigenvalue weighted by Gasteiger charge is 2.16. The van der Waals surface area contributed by atoms with Gasteiger partial charge >= 0.3 is 0 Å². The van der Waals surface area contributed by atoms with E-state index in [9.17, 15) is 4.79 Å². The van der Waals surface area contributed by atoms with Crippen molar-refractivity contribution in [3.05, 3.63) is 24.0 Å². The zero-order valence-corrected chi connectivity index (χ0v) is 9.43. The van der Waals surface area contributed by atoms with Crippen LogP contribution in [0.15, 0.2) is 18.3 Å². The van der Waals surface area contributed by atoms with E-state index >= 15 is 0 Å². The summed E-state index contributed by atoms with van der Waals surface area (Å²) in [5.41, 5.74) is 0.797. The number of aliphatic hydroxyl groups excluding tert-OH is 1. The molecule has 0 spiro atoms. The molecule has 16 heavy (non-hydrogen) atoms. The second-order valence-electron chi connectivity index (χ2n) is 4.23. The quantitative estimate of drug-likeness (QED) is 0.829. The van der Waals surface area contributed by atoms with E-state index < -0.39 is 0 Å². The van der Waals surface area contributed by atoms with Gasteiger partial charge < -0.3 is 14.6 Å². The number of hydrogen-bond acceptors (Lipinski definition) is 2. The highest BCUT2D eigenvalue weighted by molar-refractivity contribution is 5.76. The summed E-state index contributed by atoms with van der Waals surface area (Å²) in [7, 11) is 0.